The minimum Gasteiger partial charge on any atom is -0.399 e. The first-order valence-electron chi connectivity index (χ1n) is 6.58. The first kappa shape index (κ1) is 15.4. The molecule has 1 saturated heterocycles. The smallest absolute Gasteiger partial charge is 0.399 e. The van der Waals surface area contributed by atoms with Crippen molar-refractivity contribution in [3.63, 3.8) is 0 Å². The van der Waals surface area contributed by atoms with Crippen molar-refractivity contribution in [2.24, 2.45) is 0 Å². The van der Waals surface area contributed by atoms with Crippen molar-refractivity contribution < 1.29 is 23.2 Å². The lowest BCUT2D eigenvalue weighted by molar-refractivity contribution is 0.00578. The third kappa shape index (κ3) is 2.48. The van der Waals surface area contributed by atoms with Crippen LogP contribution in [0.1, 0.15) is 46.3 Å². The number of aliphatic hydroxyl groups is 1. The van der Waals surface area contributed by atoms with Gasteiger partial charge in [-0.15, -0.1) is 0 Å². The van der Waals surface area contributed by atoms with Crippen LogP contribution in [0.25, 0.3) is 0 Å². The molecule has 1 aromatic carbocycles. The van der Waals surface area contributed by atoms with Crippen molar-refractivity contribution in [1.82, 2.24) is 0 Å². The maximum atomic E-state index is 14.1. The Balaban J connectivity index is 2.41. The predicted molar refractivity (Wildman–Crippen MR) is 72.7 cm³/mol. The molecule has 0 radical (unpaired) electrons. The van der Waals surface area contributed by atoms with Crippen LogP contribution in [0.3, 0.4) is 0 Å². The zero-order valence-electron chi connectivity index (χ0n) is 12.3. The van der Waals surface area contributed by atoms with Crippen LogP contribution in [0.4, 0.5) is 8.78 Å². The van der Waals surface area contributed by atoms with Gasteiger partial charge in [0.15, 0.2) is 0 Å². The fraction of sp³-hybridized carbons (Fsp3) is 0.571. The first-order valence-corrected chi connectivity index (χ1v) is 6.58. The lowest BCUT2D eigenvalue weighted by Gasteiger charge is -2.32. The van der Waals surface area contributed by atoms with E-state index >= 15 is 0 Å². The van der Waals surface area contributed by atoms with E-state index in [1.807, 2.05) is 27.7 Å². The molecule has 0 amide bonds. The van der Waals surface area contributed by atoms with Crippen LogP contribution < -0.4 is 5.46 Å². The standard InChI is InChI=1S/C14H19BF2O3/c1-8(18)9-6-10(16)12(11(17)7-9)15-19-13(2,3)14(4,5)20-15/h6-8,18H,1-5H3. The highest BCUT2D eigenvalue weighted by Crippen LogP contribution is 2.37. The molecular formula is C14H19BF2O3. The summed E-state index contributed by atoms with van der Waals surface area (Å²) in [6.45, 7) is 8.70. The molecule has 6 heteroatoms. The number of rotatable bonds is 2. The van der Waals surface area contributed by atoms with E-state index in [2.05, 4.69) is 0 Å². The summed E-state index contributed by atoms with van der Waals surface area (Å²) in [7, 11) is -1.09. The van der Waals surface area contributed by atoms with Crippen LogP contribution in [0.2, 0.25) is 0 Å². The summed E-state index contributed by atoms with van der Waals surface area (Å²) in [6.07, 6.45) is -0.939. The summed E-state index contributed by atoms with van der Waals surface area (Å²) in [4.78, 5) is 0. The molecule has 1 aliphatic rings. The average Bonchev–Trinajstić information content (AvgIpc) is 2.46. The maximum Gasteiger partial charge on any atom is 0.500 e. The SMILES string of the molecule is CC(O)c1cc(F)c(B2OC(C)(C)C(C)(C)O2)c(F)c1. The zero-order chi connectivity index (χ0) is 15.3. The van der Waals surface area contributed by atoms with Crippen LogP contribution in [0, 0.1) is 11.6 Å². The molecule has 1 heterocycles. The Morgan fingerprint density at radius 3 is 1.80 bits per heavy atom. The van der Waals surface area contributed by atoms with Gasteiger partial charge in [-0.25, -0.2) is 8.78 Å². The van der Waals surface area contributed by atoms with Gasteiger partial charge in [0.2, 0.25) is 0 Å². The molecular weight excluding hydrogens is 265 g/mol. The van der Waals surface area contributed by atoms with Crippen LogP contribution in [0.15, 0.2) is 12.1 Å². The van der Waals surface area contributed by atoms with Gasteiger partial charge in [-0.3, -0.25) is 0 Å². The van der Waals surface area contributed by atoms with Gasteiger partial charge >= 0.3 is 7.12 Å². The van der Waals surface area contributed by atoms with Crippen molar-refractivity contribution in [2.45, 2.75) is 51.9 Å². The molecule has 0 saturated carbocycles. The summed E-state index contributed by atoms with van der Waals surface area (Å²) >= 11 is 0. The van der Waals surface area contributed by atoms with Crippen molar-refractivity contribution in [1.29, 1.82) is 0 Å². The second-order valence-corrected chi connectivity index (χ2v) is 6.16. The highest BCUT2D eigenvalue weighted by molar-refractivity contribution is 6.62. The van der Waals surface area contributed by atoms with E-state index in [4.69, 9.17) is 9.31 Å². The van der Waals surface area contributed by atoms with Crippen LogP contribution in [0.5, 0.6) is 0 Å². The van der Waals surface area contributed by atoms with Crippen LogP contribution >= 0.6 is 0 Å². The molecule has 2 rings (SSSR count). The topological polar surface area (TPSA) is 38.7 Å². The fourth-order valence-corrected chi connectivity index (χ4v) is 2.03. The molecule has 20 heavy (non-hydrogen) atoms. The van der Waals surface area contributed by atoms with E-state index in [0.29, 0.717) is 0 Å². The van der Waals surface area contributed by atoms with E-state index in [1.165, 1.54) is 6.92 Å². The Hall–Kier alpha value is -0.975. The van der Waals surface area contributed by atoms with Gasteiger partial charge in [-0.05, 0) is 52.3 Å². The second kappa shape index (κ2) is 4.79. The Morgan fingerprint density at radius 1 is 1.05 bits per heavy atom. The Kier molecular flexibility index (Phi) is 3.69. The number of hydrogen-bond acceptors (Lipinski definition) is 3. The number of aliphatic hydroxyl groups excluding tert-OH is 1. The van der Waals surface area contributed by atoms with E-state index in [1.54, 1.807) is 0 Å². The molecule has 0 bridgehead atoms. The van der Waals surface area contributed by atoms with Gasteiger partial charge in [0.25, 0.3) is 0 Å². The van der Waals surface area contributed by atoms with Gasteiger partial charge in [0.1, 0.15) is 11.6 Å². The molecule has 110 valence electrons. The van der Waals surface area contributed by atoms with Gasteiger partial charge < -0.3 is 14.4 Å². The molecule has 0 aromatic heterocycles. The molecule has 3 nitrogen and oxygen atoms in total. The Labute approximate surface area is 118 Å². The molecule has 1 fully saturated rings. The zero-order valence-corrected chi connectivity index (χ0v) is 12.3. The summed E-state index contributed by atoms with van der Waals surface area (Å²) in [6, 6.07) is 2.21. The second-order valence-electron chi connectivity index (χ2n) is 6.16. The molecule has 1 unspecified atom stereocenters. The highest BCUT2D eigenvalue weighted by Gasteiger charge is 2.53. The average molecular weight is 284 g/mol. The Morgan fingerprint density at radius 2 is 1.45 bits per heavy atom. The van der Waals surface area contributed by atoms with E-state index < -0.39 is 36.1 Å². The van der Waals surface area contributed by atoms with Crippen LogP contribution in [-0.2, 0) is 9.31 Å². The lowest BCUT2D eigenvalue weighted by atomic mass is 9.77. The molecule has 1 aliphatic heterocycles. The monoisotopic (exact) mass is 284 g/mol. The number of benzene rings is 1. The molecule has 1 N–H and O–H groups in total. The fourth-order valence-electron chi connectivity index (χ4n) is 2.03. The van der Waals surface area contributed by atoms with Crippen LogP contribution in [-0.4, -0.2) is 23.4 Å². The van der Waals surface area contributed by atoms with Crippen molar-refractivity contribution in [3.8, 4) is 0 Å². The molecule has 1 atom stereocenters. The molecule has 1 aromatic rings. The third-order valence-electron chi connectivity index (χ3n) is 4.07. The number of halogens is 2. The highest BCUT2D eigenvalue weighted by atomic mass is 19.1. The van der Waals surface area contributed by atoms with E-state index in [9.17, 15) is 13.9 Å². The minimum atomic E-state index is -1.09. The lowest BCUT2D eigenvalue weighted by Crippen LogP contribution is -2.41. The van der Waals surface area contributed by atoms with E-state index in [-0.39, 0.29) is 11.0 Å². The van der Waals surface area contributed by atoms with Gasteiger partial charge in [0.05, 0.1) is 22.8 Å². The largest absolute Gasteiger partial charge is 0.500 e. The quantitative estimate of drug-likeness (QED) is 0.847. The maximum absolute atomic E-state index is 14.1. The predicted octanol–water partition coefficient (Wildman–Crippen LogP) is 2.32. The summed E-state index contributed by atoms with van der Waals surface area (Å²) in [5, 5.41) is 9.40. The van der Waals surface area contributed by atoms with Crippen molar-refractivity contribution in [3.05, 3.63) is 29.3 Å². The molecule has 0 spiro atoms. The van der Waals surface area contributed by atoms with Crippen molar-refractivity contribution in [2.75, 3.05) is 0 Å². The van der Waals surface area contributed by atoms with Gasteiger partial charge in [-0.2, -0.15) is 0 Å². The normalized spacial score (nSPS) is 22.1. The first-order chi connectivity index (χ1) is 9.05. The van der Waals surface area contributed by atoms with Gasteiger partial charge in [0, 0.05) is 0 Å². The van der Waals surface area contributed by atoms with Gasteiger partial charge in [-0.1, -0.05) is 0 Å². The summed E-state index contributed by atoms with van der Waals surface area (Å²) < 4.78 is 39.5. The summed E-state index contributed by atoms with van der Waals surface area (Å²) in [5.74, 6) is -1.56. The third-order valence-corrected chi connectivity index (χ3v) is 4.07. The van der Waals surface area contributed by atoms with Crippen molar-refractivity contribution >= 4 is 12.6 Å². The van der Waals surface area contributed by atoms with E-state index in [0.717, 1.165) is 12.1 Å². The molecule has 0 aliphatic carbocycles. The minimum absolute atomic E-state index is 0.181. The summed E-state index contributed by atoms with van der Waals surface area (Å²) in [5.41, 5.74) is -1.41. The number of hydrogen-bond donors (Lipinski definition) is 1. The Bertz CT molecular complexity index is 490.